The minimum absolute atomic E-state index is 0.0861. The van der Waals surface area contributed by atoms with Crippen molar-refractivity contribution in [2.45, 2.75) is 13.5 Å². The summed E-state index contributed by atoms with van der Waals surface area (Å²) in [7, 11) is 4.49. The first-order valence-corrected chi connectivity index (χ1v) is 7.26. The average Bonchev–Trinajstić information content (AvgIpc) is 2.57. The number of ether oxygens (including phenoxy) is 3. The molecule has 7 heteroatoms. The number of rotatable bonds is 6. The fraction of sp³-hybridized carbons (Fsp3) is 0.294. The highest BCUT2D eigenvalue weighted by molar-refractivity contribution is 5.91. The van der Waals surface area contributed by atoms with Crippen LogP contribution in [0.4, 0.5) is 5.69 Å². The number of aryl methyl sites for hydroxylation is 1. The maximum atomic E-state index is 12.2. The Balaban J connectivity index is 2.22. The molecule has 0 spiro atoms. The number of hydrogen-bond donors (Lipinski definition) is 1. The average molecular weight is 332 g/mol. The van der Waals surface area contributed by atoms with E-state index in [-0.39, 0.29) is 18.0 Å². The molecular weight excluding hydrogens is 312 g/mol. The predicted octanol–water partition coefficient (Wildman–Crippen LogP) is 1.82. The maximum Gasteiger partial charge on any atom is 0.253 e. The molecule has 1 heterocycles. The SMILES string of the molecule is COc1cc(NC(=O)Cn2cccc(C)c2=O)cc(OC)c1OC. The summed E-state index contributed by atoms with van der Waals surface area (Å²) < 4.78 is 17.1. The van der Waals surface area contributed by atoms with Crippen LogP contribution >= 0.6 is 0 Å². The van der Waals surface area contributed by atoms with E-state index >= 15 is 0 Å². The normalized spacial score (nSPS) is 10.2. The van der Waals surface area contributed by atoms with Crippen molar-refractivity contribution in [3.63, 3.8) is 0 Å². The van der Waals surface area contributed by atoms with Crippen LogP contribution in [0.1, 0.15) is 5.56 Å². The van der Waals surface area contributed by atoms with Crippen molar-refractivity contribution in [2.75, 3.05) is 26.6 Å². The number of methoxy groups -OCH3 is 3. The first-order valence-electron chi connectivity index (χ1n) is 7.26. The van der Waals surface area contributed by atoms with Crippen molar-refractivity contribution in [3.05, 3.63) is 46.4 Å². The van der Waals surface area contributed by atoms with Gasteiger partial charge in [-0.25, -0.2) is 0 Å². The first kappa shape index (κ1) is 17.4. The molecule has 0 atom stereocenters. The van der Waals surface area contributed by atoms with Crippen molar-refractivity contribution in [3.8, 4) is 17.2 Å². The number of nitrogens with one attached hydrogen (secondary N) is 1. The van der Waals surface area contributed by atoms with Crippen LogP contribution in [0, 0.1) is 6.92 Å². The third-order valence-electron chi connectivity index (χ3n) is 3.47. The molecule has 0 aliphatic heterocycles. The molecule has 0 saturated carbocycles. The van der Waals surface area contributed by atoms with Crippen LogP contribution in [-0.2, 0) is 11.3 Å². The Hall–Kier alpha value is -2.96. The molecule has 0 radical (unpaired) electrons. The Morgan fingerprint density at radius 3 is 2.29 bits per heavy atom. The quantitative estimate of drug-likeness (QED) is 0.873. The van der Waals surface area contributed by atoms with Crippen LogP contribution < -0.4 is 25.1 Å². The van der Waals surface area contributed by atoms with Gasteiger partial charge in [0.1, 0.15) is 6.54 Å². The summed E-state index contributed by atoms with van der Waals surface area (Å²) in [6.07, 6.45) is 1.57. The van der Waals surface area contributed by atoms with Crippen LogP contribution in [0.15, 0.2) is 35.3 Å². The van der Waals surface area contributed by atoms with E-state index in [0.29, 0.717) is 28.5 Å². The fourth-order valence-electron chi connectivity index (χ4n) is 2.29. The number of amides is 1. The van der Waals surface area contributed by atoms with Gasteiger partial charge >= 0.3 is 0 Å². The van der Waals surface area contributed by atoms with Crippen LogP contribution in [-0.4, -0.2) is 31.8 Å². The zero-order valence-electron chi connectivity index (χ0n) is 14.1. The topological polar surface area (TPSA) is 78.8 Å². The molecule has 0 saturated heterocycles. The van der Waals surface area contributed by atoms with Crippen molar-refractivity contribution >= 4 is 11.6 Å². The number of anilines is 1. The molecule has 0 bridgehead atoms. The number of hydrogen-bond acceptors (Lipinski definition) is 5. The molecule has 24 heavy (non-hydrogen) atoms. The zero-order valence-corrected chi connectivity index (χ0v) is 14.1. The van der Waals surface area contributed by atoms with E-state index in [1.165, 1.54) is 25.9 Å². The molecule has 128 valence electrons. The second-order valence-electron chi connectivity index (χ2n) is 5.09. The van der Waals surface area contributed by atoms with Crippen LogP contribution in [0.3, 0.4) is 0 Å². The lowest BCUT2D eigenvalue weighted by molar-refractivity contribution is -0.116. The van der Waals surface area contributed by atoms with Crippen molar-refractivity contribution < 1.29 is 19.0 Å². The van der Waals surface area contributed by atoms with Gasteiger partial charge in [-0.3, -0.25) is 9.59 Å². The highest BCUT2D eigenvalue weighted by atomic mass is 16.5. The monoisotopic (exact) mass is 332 g/mol. The van der Waals surface area contributed by atoms with Gasteiger partial charge < -0.3 is 24.1 Å². The van der Waals surface area contributed by atoms with E-state index in [2.05, 4.69) is 5.32 Å². The van der Waals surface area contributed by atoms with Gasteiger partial charge in [-0.1, -0.05) is 6.07 Å². The minimum Gasteiger partial charge on any atom is -0.493 e. The van der Waals surface area contributed by atoms with Gasteiger partial charge in [0.05, 0.1) is 21.3 Å². The number of pyridine rings is 1. The number of carbonyl (C=O) groups is 1. The smallest absolute Gasteiger partial charge is 0.253 e. The van der Waals surface area contributed by atoms with E-state index in [9.17, 15) is 9.59 Å². The minimum atomic E-state index is -0.336. The van der Waals surface area contributed by atoms with E-state index in [1.54, 1.807) is 37.4 Å². The van der Waals surface area contributed by atoms with Gasteiger partial charge in [0.2, 0.25) is 11.7 Å². The Morgan fingerprint density at radius 1 is 1.12 bits per heavy atom. The summed E-state index contributed by atoms with van der Waals surface area (Å²) in [5.41, 5.74) is 0.867. The van der Waals surface area contributed by atoms with Gasteiger partial charge in [0.25, 0.3) is 5.56 Å². The predicted molar refractivity (Wildman–Crippen MR) is 90.2 cm³/mol. The third-order valence-corrected chi connectivity index (χ3v) is 3.47. The van der Waals surface area contributed by atoms with Gasteiger partial charge in [-0.05, 0) is 13.0 Å². The lowest BCUT2D eigenvalue weighted by atomic mass is 10.2. The van der Waals surface area contributed by atoms with Gasteiger partial charge in [0.15, 0.2) is 11.5 Å². The standard InChI is InChI=1S/C17H20N2O5/c1-11-6-5-7-19(17(11)21)10-15(20)18-12-8-13(22-2)16(24-4)14(9-12)23-3/h5-9H,10H2,1-4H3,(H,18,20). The van der Waals surface area contributed by atoms with E-state index in [4.69, 9.17) is 14.2 Å². The summed E-state index contributed by atoms with van der Waals surface area (Å²) in [4.78, 5) is 24.2. The van der Waals surface area contributed by atoms with Gasteiger partial charge in [-0.2, -0.15) is 0 Å². The molecule has 0 aliphatic rings. The summed E-state index contributed by atoms with van der Waals surface area (Å²) in [6, 6.07) is 6.68. The first-order chi connectivity index (χ1) is 11.5. The maximum absolute atomic E-state index is 12.2. The molecule has 0 aliphatic carbocycles. The third kappa shape index (κ3) is 3.68. The van der Waals surface area contributed by atoms with Crippen LogP contribution in [0.25, 0.3) is 0 Å². The highest BCUT2D eigenvalue weighted by Crippen LogP contribution is 2.39. The Bertz CT molecular complexity index is 773. The summed E-state index contributed by atoms with van der Waals surface area (Å²) >= 11 is 0. The number of nitrogens with zero attached hydrogens (tertiary/aromatic N) is 1. The number of aromatic nitrogens is 1. The van der Waals surface area contributed by atoms with E-state index in [0.717, 1.165) is 0 Å². The van der Waals surface area contributed by atoms with Crippen molar-refractivity contribution in [1.29, 1.82) is 0 Å². The van der Waals surface area contributed by atoms with Gasteiger partial charge in [-0.15, -0.1) is 0 Å². The molecule has 0 fully saturated rings. The van der Waals surface area contributed by atoms with Crippen LogP contribution in [0.2, 0.25) is 0 Å². The molecule has 1 aromatic carbocycles. The second-order valence-corrected chi connectivity index (χ2v) is 5.09. The Morgan fingerprint density at radius 2 is 1.75 bits per heavy atom. The lowest BCUT2D eigenvalue weighted by Gasteiger charge is -2.15. The number of benzene rings is 1. The Kier molecular flexibility index (Phi) is 5.47. The molecule has 1 aromatic heterocycles. The largest absolute Gasteiger partial charge is 0.493 e. The van der Waals surface area contributed by atoms with Crippen molar-refractivity contribution in [1.82, 2.24) is 4.57 Å². The molecule has 1 amide bonds. The second kappa shape index (κ2) is 7.54. The molecular formula is C17H20N2O5. The van der Waals surface area contributed by atoms with E-state index < -0.39 is 0 Å². The molecule has 1 N–H and O–H groups in total. The Labute approximate surface area is 139 Å². The highest BCUT2D eigenvalue weighted by Gasteiger charge is 2.15. The molecule has 7 nitrogen and oxygen atoms in total. The summed E-state index contributed by atoms with van der Waals surface area (Å²) in [6.45, 7) is 1.62. The van der Waals surface area contributed by atoms with E-state index in [1.807, 2.05) is 0 Å². The number of carbonyl (C=O) groups excluding carboxylic acids is 1. The van der Waals surface area contributed by atoms with Crippen molar-refractivity contribution in [2.24, 2.45) is 0 Å². The molecule has 0 unspecified atom stereocenters. The lowest BCUT2D eigenvalue weighted by Crippen LogP contribution is -2.28. The molecule has 2 rings (SSSR count). The fourth-order valence-corrected chi connectivity index (χ4v) is 2.29. The summed E-state index contributed by atoms with van der Waals surface area (Å²) in [5, 5.41) is 2.72. The van der Waals surface area contributed by atoms with Crippen LogP contribution in [0.5, 0.6) is 17.2 Å². The summed E-state index contributed by atoms with van der Waals surface area (Å²) in [5.74, 6) is 0.963. The zero-order chi connectivity index (χ0) is 17.7. The molecule has 2 aromatic rings. The van der Waals surface area contributed by atoms with Gasteiger partial charge in [0, 0.05) is 29.6 Å².